The molecule has 2 atom stereocenters. The van der Waals surface area contributed by atoms with Gasteiger partial charge >= 0.3 is 0 Å². The molecule has 1 N–H and O–H groups in total. The second-order valence-electron chi connectivity index (χ2n) is 5.88. The fourth-order valence-electron chi connectivity index (χ4n) is 3.20. The van der Waals surface area contributed by atoms with E-state index in [0.29, 0.717) is 12.5 Å². The first-order chi connectivity index (χ1) is 10.3. The minimum absolute atomic E-state index is 0.0117. The summed E-state index contributed by atoms with van der Waals surface area (Å²) in [5.41, 5.74) is 1.21. The van der Waals surface area contributed by atoms with Gasteiger partial charge < -0.3 is 14.6 Å². The lowest BCUT2D eigenvalue weighted by molar-refractivity contribution is -0.126. The second-order valence-corrected chi connectivity index (χ2v) is 5.88. The summed E-state index contributed by atoms with van der Waals surface area (Å²) in [6, 6.07) is -0.175. The Morgan fingerprint density at radius 2 is 2.29 bits per heavy atom. The minimum Gasteiger partial charge on any atom is -0.381 e. The monoisotopic (exact) mass is 287 g/mol. The van der Waals surface area contributed by atoms with Crippen molar-refractivity contribution >= 4 is 5.91 Å². The summed E-state index contributed by atoms with van der Waals surface area (Å²) < 4.78 is 7.42. The van der Waals surface area contributed by atoms with E-state index in [2.05, 4.69) is 20.8 Å². The van der Waals surface area contributed by atoms with Crippen LogP contribution in [0.4, 0.5) is 0 Å². The quantitative estimate of drug-likeness (QED) is 0.844. The predicted octanol–water partition coefficient (Wildman–Crippen LogP) is 0.990. The maximum Gasteiger partial charge on any atom is 0.225 e. The molecular formula is C16H21N3O2. The van der Waals surface area contributed by atoms with E-state index in [1.165, 1.54) is 5.69 Å². The van der Waals surface area contributed by atoms with E-state index in [0.717, 1.165) is 38.9 Å². The van der Waals surface area contributed by atoms with Crippen LogP contribution in [0.1, 0.15) is 25.0 Å². The van der Waals surface area contributed by atoms with Gasteiger partial charge in [-0.1, -0.05) is 5.92 Å². The first-order valence-corrected chi connectivity index (χ1v) is 7.61. The van der Waals surface area contributed by atoms with E-state index in [1.807, 2.05) is 6.20 Å². The average molecular weight is 287 g/mol. The number of hydrogen-bond donors (Lipinski definition) is 1. The van der Waals surface area contributed by atoms with Crippen LogP contribution >= 0.6 is 0 Å². The van der Waals surface area contributed by atoms with Crippen molar-refractivity contribution in [1.29, 1.82) is 0 Å². The molecule has 0 bridgehead atoms. The van der Waals surface area contributed by atoms with Crippen LogP contribution in [0.5, 0.6) is 0 Å². The number of terminal acetylenes is 1. The normalized spacial score (nSPS) is 23.9. The maximum atomic E-state index is 12.5. The standard InChI is InChI=1S/C16H21N3O2/c1-2-15(12-5-7-21-8-6-12)18-16(20)13-3-4-14-9-17-11-19(14)10-13/h1,9,11-13,15H,3-8,10H2,(H,18,20). The summed E-state index contributed by atoms with van der Waals surface area (Å²) in [4.78, 5) is 16.6. The molecule has 2 unspecified atom stereocenters. The molecule has 2 aliphatic rings. The lowest BCUT2D eigenvalue weighted by atomic mass is 9.91. The van der Waals surface area contributed by atoms with Gasteiger partial charge in [0, 0.05) is 31.6 Å². The van der Waals surface area contributed by atoms with Crippen LogP contribution in [-0.2, 0) is 22.5 Å². The van der Waals surface area contributed by atoms with Gasteiger partial charge in [0.1, 0.15) is 0 Å². The largest absolute Gasteiger partial charge is 0.381 e. The molecule has 3 heterocycles. The Bertz CT molecular complexity index is 540. The van der Waals surface area contributed by atoms with Gasteiger partial charge in [-0.25, -0.2) is 4.98 Å². The van der Waals surface area contributed by atoms with E-state index in [9.17, 15) is 4.79 Å². The zero-order valence-corrected chi connectivity index (χ0v) is 12.1. The molecule has 1 amide bonds. The summed E-state index contributed by atoms with van der Waals surface area (Å²) in [5.74, 6) is 3.14. The summed E-state index contributed by atoms with van der Waals surface area (Å²) in [7, 11) is 0. The van der Waals surface area contributed by atoms with Crippen molar-refractivity contribution in [2.24, 2.45) is 11.8 Å². The number of ether oxygens (including phenoxy) is 1. The van der Waals surface area contributed by atoms with Gasteiger partial charge in [-0.3, -0.25) is 4.79 Å². The van der Waals surface area contributed by atoms with Crippen LogP contribution in [0.2, 0.25) is 0 Å². The Morgan fingerprint density at radius 3 is 3.05 bits per heavy atom. The van der Waals surface area contributed by atoms with Gasteiger partial charge in [0.15, 0.2) is 0 Å². The molecular weight excluding hydrogens is 266 g/mol. The first-order valence-electron chi connectivity index (χ1n) is 7.61. The number of imidazole rings is 1. The molecule has 0 radical (unpaired) electrons. The van der Waals surface area contributed by atoms with Crippen LogP contribution in [0.25, 0.3) is 0 Å². The highest BCUT2D eigenvalue weighted by molar-refractivity contribution is 5.79. The molecule has 0 aromatic carbocycles. The van der Waals surface area contributed by atoms with Crippen molar-refractivity contribution < 1.29 is 9.53 Å². The number of hydrogen-bond acceptors (Lipinski definition) is 3. The number of fused-ring (bicyclic) bond motifs is 1. The van der Waals surface area contributed by atoms with Gasteiger partial charge in [-0.05, 0) is 31.6 Å². The lowest BCUT2D eigenvalue weighted by Gasteiger charge is -2.30. The highest BCUT2D eigenvalue weighted by atomic mass is 16.5. The predicted molar refractivity (Wildman–Crippen MR) is 78.3 cm³/mol. The molecule has 1 saturated heterocycles. The van der Waals surface area contributed by atoms with Crippen LogP contribution in [0.15, 0.2) is 12.5 Å². The second kappa shape index (κ2) is 6.31. The number of aromatic nitrogens is 2. The van der Waals surface area contributed by atoms with Crippen molar-refractivity contribution in [2.45, 2.75) is 38.3 Å². The van der Waals surface area contributed by atoms with Crippen LogP contribution in [0, 0.1) is 24.2 Å². The van der Waals surface area contributed by atoms with Crippen molar-refractivity contribution in [1.82, 2.24) is 14.9 Å². The zero-order valence-electron chi connectivity index (χ0n) is 12.1. The van der Waals surface area contributed by atoms with Gasteiger partial charge in [0.05, 0.1) is 18.3 Å². The summed E-state index contributed by atoms with van der Waals surface area (Å²) in [6.45, 7) is 2.17. The topological polar surface area (TPSA) is 56.2 Å². The fourth-order valence-corrected chi connectivity index (χ4v) is 3.20. The number of nitrogens with zero attached hydrogens (tertiary/aromatic N) is 2. The molecule has 21 heavy (non-hydrogen) atoms. The molecule has 3 rings (SSSR count). The third-order valence-corrected chi connectivity index (χ3v) is 4.55. The molecule has 0 aliphatic carbocycles. The summed E-state index contributed by atoms with van der Waals surface area (Å²) >= 11 is 0. The SMILES string of the molecule is C#CC(NC(=O)C1CCc2cncn2C1)C1CCOCC1. The van der Waals surface area contributed by atoms with E-state index in [1.54, 1.807) is 6.33 Å². The van der Waals surface area contributed by atoms with E-state index in [4.69, 9.17) is 11.2 Å². The third-order valence-electron chi connectivity index (χ3n) is 4.55. The molecule has 5 nitrogen and oxygen atoms in total. The van der Waals surface area contributed by atoms with Crippen LogP contribution < -0.4 is 5.32 Å². The number of rotatable bonds is 3. The molecule has 0 spiro atoms. The summed E-state index contributed by atoms with van der Waals surface area (Å²) in [6.07, 6.45) is 12.9. The van der Waals surface area contributed by atoms with Gasteiger partial charge in [0.25, 0.3) is 0 Å². The Balaban J connectivity index is 1.59. The lowest BCUT2D eigenvalue weighted by Crippen LogP contribution is -2.45. The number of amides is 1. The van der Waals surface area contributed by atoms with Crippen molar-refractivity contribution in [3.05, 3.63) is 18.2 Å². The van der Waals surface area contributed by atoms with Gasteiger partial charge in [0.2, 0.25) is 5.91 Å². The molecule has 1 aromatic rings. The smallest absolute Gasteiger partial charge is 0.225 e. The number of aryl methyl sites for hydroxylation is 1. The van der Waals surface area contributed by atoms with Gasteiger partial charge in [-0.15, -0.1) is 6.42 Å². The Hall–Kier alpha value is -1.80. The molecule has 1 fully saturated rings. The number of nitrogens with one attached hydrogen (secondary N) is 1. The van der Waals surface area contributed by atoms with E-state index in [-0.39, 0.29) is 17.9 Å². The number of carbonyl (C=O) groups excluding carboxylic acids is 1. The van der Waals surface area contributed by atoms with Crippen molar-refractivity contribution in [3.8, 4) is 12.3 Å². The highest BCUT2D eigenvalue weighted by Crippen LogP contribution is 2.22. The third kappa shape index (κ3) is 3.11. The Kier molecular flexibility index (Phi) is 4.26. The van der Waals surface area contributed by atoms with E-state index >= 15 is 0 Å². The maximum absolute atomic E-state index is 12.5. The van der Waals surface area contributed by atoms with Crippen LogP contribution in [0.3, 0.4) is 0 Å². The first kappa shape index (κ1) is 14.2. The molecule has 112 valence electrons. The highest BCUT2D eigenvalue weighted by Gasteiger charge is 2.29. The molecule has 0 saturated carbocycles. The average Bonchev–Trinajstić information content (AvgIpc) is 3.00. The fraction of sp³-hybridized carbons (Fsp3) is 0.625. The number of carbonyl (C=O) groups is 1. The molecule has 5 heteroatoms. The van der Waals surface area contributed by atoms with E-state index < -0.39 is 0 Å². The van der Waals surface area contributed by atoms with Crippen molar-refractivity contribution in [2.75, 3.05) is 13.2 Å². The molecule has 2 aliphatic heterocycles. The minimum atomic E-state index is -0.175. The Morgan fingerprint density at radius 1 is 1.48 bits per heavy atom. The van der Waals surface area contributed by atoms with Crippen molar-refractivity contribution in [3.63, 3.8) is 0 Å². The zero-order chi connectivity index (χ0) is 14.7. The Labute approximate surface area is 125 Å². The summed E-state index contributed by atoms with van der Waals surface area (Å²) in [5, 5.41) is 3.06. The van der Waals surface area contributed by atoms with Crippen LogP contribution in [-0.4, -0.2) is 34.7 Å². The van der Waals surface area contributed by atoms with Gasteiger partial charge in [-0.2, -0.15) is 0 Å². The molecule has 1 aromatic heterocycles.